The van der Waals surface area contributed by atoms with Crippen LogP contribution in [0.4, 0.5) is 23.0 Å². The number of ether oxygens (including phenoxy) is 1. The molecule has 0 saturated carbocycles. The van der Waals surface area contributed by atoms with Gasteiger partial charge in [0, 0.05) is 50.5 Å². The van der Waals surface area contributed by atoms with Crippen molar-refractivity contribution in [2.75, 3.05) is 74.3 Å². The lowest BCUT2D eigenvalue weighted by atomic mass is 10.1. The maximum atomic E-state index is 12.3. The molecule has 0 aliphatic carbocycles. The summed E-state index contributed by atoms with van der Waals surface area (Å²) in [5.41, 5.74) is 4.49. The van der Waals surface area contributed by atoms with Gasteiger partial charge in [0.25, 0.3) is 0 Å². The van der Waals surface area contributed by atoms with Gasteiger partial charge in [0.05, 0.1) is 54.9 Å². The predicted octanol–water partition coefficient (Wildman–Crippen LogP) is 2.41. The molecule has 1 aliphatic rings. The van der Waals surface area contributed by atoms with E-state index in [1.807, 2.05) is 42.5 Å². The molecule has 1 aliphatic heterocycles. The van der Waals surface area contributed by atoms with Crippen molar-refractivity contribution in [3.8, 4) is 17.0 Å². The topological polar surface area (TPSA) is 136 Å². The van der Waals surface area contributed by atoms with E-state index in [-0.39, 0.29) is 6.61 Å². The average molecular weight is 596 g/mol. The van der Waals surface area contributed by atoms with Crippen molar-refractivity contribution in [3.05, 3.63) is 60.8 Å². The average Bonchev–Trinajstić information content (AvgIpc) is 3.26. The summed E-state index contributed by atoms with van der Waals surface area (Å²) in [5.74, 6) is 0.994. The highest BCUT2D eigenvalue weighted by Gasteiger charge is 2.20. The number of methoxy groups -OCH3 is 1. The third kappa shape index (κ3) is 6.44. The maximum absolute atomic E-state index is 12.3. The molecule has 0 bridgehead atoms. The Balaban J connectivity index is 1.39. The van der Waals surface area contributed by atoms with Gasteiger partial charge in [-0.3, -0.25) is 9.21 Å². The lowest BCUT2D eigenvalue weighted by Crippen LogP contribution is -2.37. The predicted molar refractivity (Wildman–Crippen MR) is 164 cm³/mol. The summed E-state index contributed by atoms with van der Waals surface area (Å²) in [6.07, 6.45) is 3.10. The number of hydrogen-bond acceptors (Lipinski definition) is 10. The minimum Gasteiger partial charge on any atom is -0.494 e. The molecule has 1 atom stereocenters. The van der Waals surface area contributed by atoms with Crippen LogP contribution in [0.3, 0.4) is 0 Å². The molecular formula is C29H37N7O5S. The van der Waals surface area contributed by atoms with Crippen LogP contribution in [0.2, 0.25) is 0 Å². The van der Waals surface area contributed by atoms with Crippen molar-refractivity contribution >= 4 is 38.6 Å². The number of para-hydroxylation sites is 1. The van der Waals surface area contributed by atoms with Gasteiger partial charge in [-0.2, -0.15) is 0 Å². The number of hydrogen-bond donors (Lipinski definition) is 3. The summed E-state index contributed by atoms with van der Waals surface area (Å²) in [5, 5.41) is 27.0. The number of nitrogens with zero attached hydrogens (tertiary/aromatic N) is 6. The van der Waals surface area contributed by atoms with Crippen LogP contribution in [0.25, 0.3) is 16.8 Å². The molecule has 3 heterocycles. The van der Waals surface area contributed by atoms with Crippen LogP contribution in [0.15, 0.2) is 60.8 Å². The van der Waals surface area contributed by atoms with Gasteiger partial charge in [0.1, 0.15) is 5.75 Å². The molecule has 1 saturated heterocycles. The summed E-state index contributed by atoms with van der Waals surface area (Å²) in [4.78, 5) is 8.95. The Morgan fingerprint density at radius 3 is 2.67 bits per heavy atom. The molecule has 4 aromatic rings. The number of benzene rings is 2. The van der Waals surface area contributed by atoms with E-state index < -0.39 is 16.1 Å². The summed E-state index contributed by atoms with van der Waals surface area (Å²) in [7, 11) is -0.310. The van der Waals surface area contributed by atoms with Crippen LogP contribution in [0.5, 0.6) is 5.75 Å². The van der Waals surface area contributed by atoms with Crippen LogP contribution in [-0.4, -0.2) is 104 Å². The molecule has 5 rings (SSSR count). The van der Waals surface area contributed by atoms with Crippen LogP contribution in [0.1, 0.15) is 6.42 Å². The first kappa shape index (κ1) is 29.6. The zero-order chi connectivity index (χ0) is 29.9. The number of β-amino-alcohol motifs (C(OH)–C–C–N with tert-alkyl or cyclic N) is 1. The fourth-order valence-electron chi connectivity index (χ4n) is 5.17. The molecule has 0 radical (unpaired) electrons. The van der Waals surface area contributed by atoms with E-state index >= 15 is 0 Å². The Hall–Kier alpha value is -3.91. The van der Waals surface area contributed by atoms with E-state index in [1.54, 1.807) is 30.0 Å². The summed E-state index contributed by atoms with van der Waals surface area (Å²) >= 11 is 0. The van der Waals surface area contributed by atoms with Crippen LogP contribution < -0.4 is 19.3 Å². The van der Waals surface area contributed by atoms with Crippen LogP contribution >= 0.6 is 0 Å². The second-order valence-electron chi connectivity index (χ2n) is 10.4. The van der Waals surface area contributed by atoms with Crippen molar-refractivity contribution < 1.29 is 23.4 Å². The van der Waals surface area contributed by atoms with Gasteiger partial charge in [-0.15, -0.1) is 5.10 Å². The first-order valence-corrected chi connectivity index (χ1v) is 15.6. The van der Waals surface area contributed by atoms with Gasteiger partial charge in [0.15, 0.2) is 0 Å². The van der Waals surface area contributed by atoms with Crippen molar-refractivity contribution in [2.45, 2.75) is 12.5 Å². The Kier molecular flexibility index (Phi) is 8.82. The molecule has 13 heteroatoms. The number of aliphatic hydroxyl groups excluding tert-OH is 2. The van der Waals surface area contributed by atoms with Gasteiger partial charge in [-0.05, 0) is 43.3 Å². The number of rotatable bonds is 10. The van der Waals surface area contributed by atoms with Crippen LogP contribution in [-0.2, 0) is 10.0 Å². The minimum atomic E-state index is -3.46. The zero-order valence-corrected chi connectivity index (χ0v) is 24.8. The molecule has 0 unspecified atom stereocenters. The monoisotopic (exact) mass is 595 g/mol. The third-order valence-corrected chi connectivity index (χ3v) is 8.67. The number of fused-ring (bicyclic) bond motifs is 1. The van der Waals surface area contributed by atoms with Gasteiger partial charge in [-0.25, -0.2) is 17.9 Å². The van der Waals surface area contributed by atoms with E-state index in [4.69, 9.17) is 9.84 Å². The second-order valence-corrected chi connectivity index (χ2v) is 12.4. The van der Waals surface area contributed by atoms with Gasteiger partial charge in [-0.1, -0.05) is 18.2 Å². The fraction of sp³-hybridized carbons (Fsp3) is 0.379. The molecule has 42 heavy (non-hydrogen) atoms. The van der Waals surface area contributed by atoms with Gasteiger partial charge >= 0.3 is 0 Å². The smallest absolute Gasteiger partial charge is 0.245 e. The summed E-state index contributed by atoms with van der Waals surface area (Å²) in [6, 6.07) is 17.0. The third-order valence-electron chi connectivity index (χ3n) is 7.48. The summed E-state index contributed by atoms with van der Waals surface area (Å²) < 4.78 is 33.3. The molecule has 0 spiro atoms. The quantitative estimate of drug-likeness (QED) is 0.251. The molecule has 1 fully saturated rings. The Morgan fingerprint density at radius 2 is 1.90 bits per heavy atom. The molecule has 2 aromatic carbocycles. The Labute approximate surface area is 245 Å². The maximum Gasteiger partial charge on any atom is 0.245 e. The number of aliphatic hydroxyl groups is 2. The van der Waals surface area contributed by atoms with Crippen LogP contribution in [0, 0.1) is 0 Å². The van der Waals surface area contributed by atoms with E-state index in [0.29, 0.717) is 29.6 Å². The number of sulfonamides is 1. The Morgan fingerprint density at radius 1 is 1.10 bits per heavy atom. The first-order valence-electron chi connectivity index (χ1n) is 13.8. The first-order chi connectivity index (χ1) is 20.2. The lowest BCUT2D eigenvalue weighted by molar-refractivity contribution is 0.0612. The van der Waals surface area contributed by atoms with Gasteiger partial charge in [0.2, 0.25) is 16.0 Å². The number of aromatic nitrogens is 3. The fourth-order valence-corrected chi connectivity index (χ4v) is 5.69. The van der Waals surface area contributed by atoms with Crippen molar-refractivity contribution in [3.63, 3.8) is 0 Å². The van der Waals surface area contributed by atoms with E-state index in [9.17, 15) is 18.6 Å². The van der Waals surface area contributed by atoms with E-state index in [2.05, 4.69) is 20.1 Å². The highest BCUT2D eigenvalue weighted by atomic mass is 32.2. The second kappa shape index (κ2) is 12.5. The van der Waals surface area contributed by atoms with Crippen molar-refractivity contribution in [1.29, 1.82) is 0 Å². The normalized spacial score (nSPS) is 15.4. The Bertz CT molecular complexity index is 1640. The highest BCUT2D eigenvalue weighted by molar-refractivity contribution is 7.92. The number of anilines is 4. The lowest BCUT2D eigenvalue weighted by Gasteiger charge is -2.25. The SMILES string of the molecule is COc1cc(N2CCCN(C[C@H](O)CO)CC2)ccc1Nc1ncc2ccc(-c3ccccc3N(C)S(C)(=O)=O)n2n1. The minimum absolute atomic E-state index is 0.234. The molecule has 224 valence electrons. The molecule has 12 nitrogen and oxygen atoms in total. The highest BCUT2D eigenvalue weighted by Crippen LogP contribution is 2.34. The largest absolute Gasteiger partial charge is 0.494 e. The van der Waals surface area contributed by atoms with Crippen molar-refractivity contribution in [2.24, 2.45) is 0 Å². The molecular weight excluding hydrogens is 558 g/mol. The molecule has 0 amide bonds. The standard InChI is InChI=1S/C29H37N7O5S/c1-33(42(3,39)40)26-8-5-4-7-24(26)27-12-10-22-18-30-29(32-36(22)27)31-25-11-9-21(17-28(25)41-2)35-14-6-13-34(15-16-35)19-23(38)20-37/h4-5,7-12,17-18,23,37-38H,6,13-16,19-20H2,1-3H3,(H,31,32)/t23-/m0/s1. The molecule has 2 aromatic heterocycles. The number of nitrogens with one attached hydrogen (secondary N) is 1. The summed E-state index contributed by atoms with van der Waals surface area (Å²) in [6.45, 7) is 3.54. The molecule has 3 N–H and O–H groups in total. The zero-order valence-electron chi connectivity index (χ0n) is 24.0. The van der Waals surface area contributed by atoms with Crippen molar-refractivity contribution in [1.82, 2.24) is 19.5 Å². The van der Waals surface area contributed by atoms with E-state index in [1.165, 1.54) is 17.6 Å². The van der Waals surface area contributed by atoms with E-state index in [0.717, 1.165) is 55.1 Å². The van der Waals surface area contributed by atoms with Gasteiger partial charge < -0.3 is 25.2 Å².